The minimum atomic E-state index is -0.965. The van der Waals surface area contributed by atoms with Crippen LogP contribution in [0.3, 0.4) is 0 Å². The Morgan fingerprint density at radius 2 is 1.07 bits per heavy atom. The standard InChI is InChI=1S/C59H91N9O13S/c1-59(2,3)81-58(76)64-29-15-4-6-23-50(69)60-28-14-5-7-25-53(72)66-47(26-27-52(71)62-32-33-65-57(75)80-40-46-44-20-10-8-18-42(44)43-19-9-11-21-45(43)46)55(73)63-31-17-35-78-37-39-79-38-36-77-34-16-30-61-51(70)24-13-12-22-49-54-48(41-82-49)67-56(74)68-54/h8-11,18-21,46-49,54H,4-7,12-17,22-41H2,1-3H3,(H,60,69)(H,61,70)(H,62,71)(H,63,73)(H,64,76)(H,65,75)(H,66,72)(H2,67,68,74)/t47-,48-,49-,54-/m0/s1. The first-order valence-electron chi connectivity index (χ1n) is 29.5. The number of rotatable bonds is 41. The molecule has 0 unspecified atom stereocenters. The van der Waals surface area contributed by atoms with E-state index in [0.717, 1.165) is 60.1 Å². The third-order valence-electron chi connectivity index (χ3n) is 13.9. The number of fused-ring (bicyclic) bond motifs is 4. The van der Waals surface area contributed by atoms with Gasteiger partial charge in [-0.2, -0.15) is 11.8 Å². The summed E-state index contributed by atoms with van der Waals surface area (Å²) in [5.74, 6) is -0.260. The van der Waals surface area contributed by atoms with Gasteiger partial charge in [0, 0.05) is 95.1 Å². The van der Waals surface area contributed by atoms with E-state index in [0.29, 0.717) is 116 Å². The summed E-state index contributed by atoms with van der Waals surface area (Å²) in [4.78, 5) is 99.9. The molecule has 456 valence electrons. The predicted octanol–water partition coefficient (Wildman–Crippen LogP) is 5.46. The van der Waals surface area contributed by atoms with Crippen LogP contribution in [0.4, 0.5) is 14.4 Å². The molecule has 2 fully saturated rings. The average Bonchev–Trinajstić information content (AvgIpc) is 3.55. The summed E-state index contributed by atoms with van der Waals surface area (Å²) >= 11 is 1.88. The normalized spacial score (nSPS) is 16.3. The summed E-state index contributed by atoms with van der Waals surface area (Å²) in [7, 11) is 0. The van der Waals surface area contributed by atoms with Crippen molar-refractivity contribution >= 4 is 59.5 Å². The topological polar surface area (TPSA) is 291 Å². The van der Waals surface area contributed by atoms with Gasteiger partial charge < -0.3 is 71.5 Å². The summed E-state index contributed by atoms with van der Waals surface area (Å²) < 4.78 is 27.7. The van der Waals surface area contributed by atoms with Crippen molar-refractivity contribution in [2.75, 3.05) is 91.3 Å². The molecule has 82 heavy (non-hydrogen) atoms. The Labute approximate surface area is 488 Å². The van der Waals surface area contributed by atoms with Gasteiger partial charge in [0.05, 0.1) is 38.5 Å². The molecule has 2 saturated heterocycles. The minimum absolute atomic E-state index is 0.0370. The second-order valence-corrected chi connectivity index (χ2v) is 23.0. The fourth-order valence-corrected chi connectivity index (χ4v) is 11.3. The van der Waals surface area contributed by atoms with E-state index in [1.165, 1.54) is 0 Å². The lowest BCUT2D eigenvalue weighted by atomic mass is 9.98. The predicted molar refractivity (Wildman–Crippen MR) is 313 cm³/mol. The maximum atomic E-state index is 13.4. The molecule has 4 atom stereocenters. The third-order valence-corrected chi connectivity index (χ3v) is 15.4. The molecule has 9 amide bonds. The first kappa shape index (κ1) is 66.6. The quantitative estimate of drug-likeness (QED) is 0.0296. The van der Waals surface area contributed by atoms with Gasteiger partial charge in [0.25, 0.3) is 0 Å². The van der Waals surface area contributed by atoms with Crippen LogP contribution < -0.4 is 47.9 Å². The Morgan fingerprint density at radius 1 is 0.561 bits per heavy atom. The van der Waals surface area contributed by atoms with Gasteiger partial charge in [-0.25, -0.2) is 14.4 Å². The maximum Gasteiger partial charge on any atom is 0.407 e. The summed E-state index contributed by atoms with van der Waals surface area (Å²) in [6.07, 6.45) is 8.04. The molecule has 1 aliphatic carbocycles. The number of carbonyl (C=O) groups excluding carboxylic acids is 8. The lowest BCUT2D eigenvalue weighted by Gasteiger charge is -2.19. The Bertz CT molecular complexity index is 2280. The zero-order chi connectivity index (χ0) is 58.8. The molecule has 0 aromatic heterocycles. The fraction of sp³-hybridized carbons (Fsp3) is 0.661. The van der Waals surface area contributed by atoms with Gasteiger partial charge in [0.1, 0.15) is 18.2 Å². The van der Waals surface area contributed by atoms with E-state index in [9.17, 15) is 38.4 Å². The Morgan fingerprint density at radius 3 is 1.71 bits per heavy atom. The van der Waals surface area contributed by atoms with Crippen molar-refractivity contribution < 1.29 is 62.0 Å². The number of amides is 9. The minimum Gasteiger partial charge on any atom is -0.449 e. The molecule has 23 heteroatoms. The monoisotopic (exact) mass is 1170 g/mol. The molecule has 0 spiro atoms. The van der Waals surface area contributed by atoms with Gasteiger partial charge >= 0.3 is 18.2 Å². The van der Waals surface area contributed by atoms with Gasteiger partial charge in [-0.1, -0.05) is 67.8 Å². The molecular weight excluding hydrogens is 1070 g/mol. The second-order valence-electron chi connectivity index (χ2n) is 21.7. The van der Waals surface area contributed by atoms with E-state index in [1.54, 1.807) is 20.8 Å². The van der Waals surface area contributed by atoms with Crippen LogP contribution in [0.25, 0.3) is 11.1 Å². The number of thioether (sulfide) groups is 1. The molecule has 5 rings (SSSR count). The Kier molecular flexibility index (Phi) is 30.7. The zero-order valence-electron chi connectivity index (χ0n) is 48.4. The van der Waals surface area contributed by atoms with Crippen LogP contribution >= 0.6 is 11.8 Å². The van der Waals surface area contributed by atoms with Gasteiger partial charge in [-0.3, -0.25) is 24.0 Å². The lowest BCUT2D eigenvalue weighted by Crippen LogP contribution is -2.47. The number of benzene rings is 2. The molecule has 0 saturated carbocycles. The van der Waals surface area contributed by atoms with Crippen LogP contribution in [0.1, 0.15) is 141 Å². The maximum absolute atomic E-state index is 13.4. The molecule has 2 aromatic rings. The lowest BCUT2D eigenvalue weighted by molar-refractivity contribution is -0.130. The van der Waals surface area contributed by atoms with Crippen LogP contribution in [0.5, 0.6) is 0 Å². The van der Waals surface area contributed by atoms with E-state index in [1.807, 2.05) is 48.2 Å². The van der Waals surface area contributed by atoms with E-state index in [4.69, 9.17) is 23.7 Å². The number of nitrogens with one attached hydrogen (secondary N) is 9. The van der Waals surface area contributed by atoms with Crippen molar-refractivity contribution in [2.45, 2.75) is 158 Å². The molecule has 2 aliphatic heterocycles. The molecule has 2 aromatic carbocycles. The van der Waals surface area contributed by atoms with Crippen molar-refractivity contribution in [3.05, 3.63) is 59.7 Å². The van der Waals surface area contributed by atoms with Crippen molar-refractivity contribution in [2.24, 2.45) is 0 Å². The van der Waals surface area contributed by atoms with Crippen molar-refractivity contribution in [3.8, 4) is 11.1 Å². The van der Waals surface area contributed by atoms with E-state index < -0.39 is 29.7 Å². The molecule has 0 radical (unpaired) electrons. The summed E-state index contributed by atoms with van der Waals surface area (Å²) in [6.45, 7) is 10.0. The molecule has 3 aliphatic rings. The number of urea groups is 1. The van der Waals surface area contributed by atoms with Crippen molar-refractivity contribution in [1.82, 2.24) is 47.9 Å². The molecule has 22 nitrogen and oxygen atoms in total. The Hall–Kier alpha value is -6.17. The zero-order valence-corrected chi connectivity index (χ0v) is 49.3. The first-order valence-corrected chi connectivity index (χ1v) is 30.6. The van der Waals surface area contributed by atoms with Crippen LogP contribution in [-0.2, 0) is 47.7 Å². The van der Waals surface area contributed by atoms with Crippen LogP contribution in [0.15, 0.2) is 48.5 Å². The number of alkyl carbamates (subject to hydrolysis) is 2. The van der Waals surface area contributed by atoms with Gasteiger partial charge in [0.15, 0.2) is 0 Å². The number of carbonyl (C=O) groups is 8. The van der Waals surface area contributed by atoms with E-state index in [-0.39, 0.29) is 93.2 Å². The van der Waals surface area contributed by atoms with Crippen molar-refractivity contribution in [3.63, 3.8) is 0 Å². The van der Waals surface area contributed by atoms with Gasteiger partial charge in [-0.05, 0) is 101 Å². The number of unbranched alkanes of at least 4 members (excludes halogenated alkanes) is 5. The van der Waals surface area contributed by atoms with Crippen LogP contribution in [0, 0.1) is 0 Å². The second kappa shape index (κ2) is 37.8. The molecule has 2 heterocycles. The fourth-order valence-electron chi connectivity index (χ4n) is 9.73. The molecule has 9 N–H and O–H groups in total. The molecule has 0 bridgehead atoms. The van der Waals surface area contributed by atoms with E-state index >= 15 is 0 Å². The number of hydrogen-bond donors (Lipinski definition) is 9. The highest BCUT2D eigenvalue weighted by atomic mass is 32.2. The van der Waals surface area contributed by atoms with Gasteiger partial charge in [-0.15, -0.1) is 0 Å². The largest absolute Gasteiger partial charge is 0.449 e. The van der Waals surface area contributed by atoms with Crippen LogP contribution in [-0.4, -0.2) is 168 Å². The highest BCUT2D eigenvalue weighted by Gasteiger charge is 2.42. The highest BCUT2D eigenvalue weighted by molar-refractivity contribution is 8.00. The average molecular weight is 1170 g/mol. The first-order chi connectivity index (χ1) is 39.7. The summed E-state index contributed by atoms with van der Waals surface area (Å²) in [5, 5.41) is 26.0. The van der Waals surface area contributed by atoms with Gasteiger partial charge in [0.2, 0.25) is 29.5 Å². The highest BCUT2D eigenvalue weighted by Crippen LogP contribution is 2.44. The Balaban J connectivity index is 0.890. The van der Waals surface area contributed by atoms with Crippen LogP contribution in [0.2, 0.25) is 0 Å². The summed E-state index contributed by atoms with van der Waals surface area (Å²) in [6, 6.07) is 15.5. The SMILES string of the molecule is CC(C)(C)OC(=O)NCCCCCC(=O)NCCCCCC(=O)N[C@@H](CCC(=O)NCCNC(=O)OCC1c2ccccc2-c2ccccc21)C(=O)NCCCOCCOCCOCCCNC(=O)CCCC[C@@H]1SC[C@@H]2NC(=O)N[C@@H]21. The number of ether oxygens (including phenoxy) is 5. The third kappa shape index (κ3) is 26.4. The molecular formula is C59H91N9O13S. The smallest absolute Gasteiger partial charge is 0.407 e. The van der Waals surface area contributed by atoms with E-state index in [2.05, 4.69) is 60.0 Å². The van der Waals surface area contributed by atoms with Crippen molar-refractivity contribution in [1.29, 1.82) is 0 Å². The summed E-state index contributed by atoms with van der Waals surface area (Å²) in [5.41, 5.74) is 3.91. The number of hydrogen-bond acceptors (Lipinski definition) is 14.